The van der Waals surface area contributed by atoms with Crippen molar-refractivity contribution in [1.29, 1.82) is 0 Å². The third kappa shape index (κ3) is 8.70. The molecule has 5 nitrogen and oxygen atoms in total. The number of carbonyl (C=O) groups is 2. The Morgan fingerprint density at radius 3 is 2.39 bits per heavy atom. The first-order chi connectivity index (χ1) is 10.8. The van der Waals surface area contributed by atoms with E-state index >= 15 is 0 Å². The van der Waals surface area contributed by atoms with Crippen molar-refractivity contribution >= 4 is 11.9 Å². The van der Waals surface area contributed by atoms with Crippen molar-refractivity contribution in [2.45, 2.75) is 32.5 Å². The number of alkyl halides is 3. The number of carbonyl (C=O) groups excluding carboxylic acids is 2. The zero-order chi connectivity index (χ0) is 17.3. The lowest BCUT2D eigenvalue weighted by Gasteiger charge is -2.09. The van der Waals surface area contributed by atoms with Gasteiger partial charge in [-0.25, -0.2) is 0 Å². The number of nitrogens with one attached hydrogen (secondary N) is 1. The second-order valence-corrected chi connectivity index (χ2v) is 4.63. The highest BCUT2D eigenvalue weighted by Gasteiger charge is 2.30. The van der Waals surface area contributed by atoms with Gasteiger partial charge in [-0.05, 0) is 31.0 Å². The van der Waals surface area contributed by atoms with Crippen molar-refractivity contribution in [1.82, 2.24) is 5.32 Å². The number of rotatable bonds is 8. The van der Waals surface area contributed by atoms with E-state index in [-0.39, 0.29) is 30.5 Å². The van der Waals surface area contributed by atoms with Crippen LogP contribution < -0.4 is 10.1 Å². The van der Waals surface area contributed by atoms with Crippen LogP contribution in [0.2, 0.25) is 0 Å². The molecule has 1 aromatic carbocycles. The van der Waals surface area contributed by atoms with Crippen LogP contribution in [0.4, 0.5) is 13.2 Å². The first-order valence-electron chi connectivity index (χ1n) is 7.07. The molecule has 0 saturated carbocycles. The van der Waals surface area contributed by atoms with Gasteiger partial charge in [0.2, 0.25) is 5.91 Å². The average Bonchev–Trinajstić information content (AvgIpc) is 2.44. The number of halogens is 3. The summed E-state index contributed by atoms with van der Waals surface area (Å²) >= 11 is 0. The highest BCUT2D eigenvalue weighted by molar-refractivity contribution is 5.78. The normalized spacial score (nSPS) is 11.0. The van der Waals surface area contributed by atoms with E-state index in [0.29, 0.717) is 25.1 Å². The summed E-state index contributed by atoms with van der Waals surface area (Å²) in [5.74, 6) is -0.934. The highest BCUT2D eigenvalue weighted by atomic mass is 19.4. The number of hydrogen-bond acceptors (Lipinski definition) is 4. The maximum Gasteiger partial charge on any atom is 0.573 e. The van der Waals surface area contributed by atoms with Crippen LogP contribution in [-0.2, 0) is 20.7 Å². The van der Waals surface area contributed by atoms with Crippen LogP contribution in [0, 0.1) is 0 Å². The molecular weight excluding hydrogens is 315 g/mol. The zero-order valence-corrected chi connectivity index (χ0v) is 12.6. The Balaban J connectivity index is 2.30. The van der Waals surface area contributed by atoms with Gasteiger partial charge >= 0.3 is 12.3 Å². The molecule has 8 heteroatoms. The van der Waals surface area contributed by atoms with Crippen LogP contribution in [0.3, 0.4) is 0 Å². The molecule has 0 aromatic heterocycles. The first kappa shape index (κ1) is 18.8. The third-order valence-corrected chi connectivity index (χ3v) is 2.71. The summed E-state index contributed by atoms with van der Waals surface area (Å²) in [4.78, 5) is 22.7. The summed E-state index contributed by atoms with van der Waals surface area (Å²) in [7, 11) is 0. The zero-order valence-electron chi connectivity index (χ0n) is 12.6. The van der Waals surface area contributed by atoms with Gasteiger partial charge in [-0.1, -0.05) is 12.1 Å². The predicted octanol–water partition coefficient (Wildman–Crippen LogP) is 2.59. The molecule has 0 saturated heterocycles. The topological polar surface area (TPSA) is 64.6 Å². The van der Waals surface area contributed by atoms with E-state index in [0.717, 1.165) is 12.1 Å². The monoisotopic (exact) mass is 333 g/mol. The highest BCUT2D eigenvalue weighted by Crippen LogP contribution is 2.22. The molecule has 0 aliphatic rings. The number of ether oxygens (including phenoxy) is 2. The molecule has 1 rings (SSSR count). The fraction of sp³-hybridized carbons (Fsp3) is 0.467. The fourth-order valence-electron chi connectivity index (χ4n) is 1.75. The smallest absolute Gasteiger partial charge is 0.466 e. The predicted molar refractivity (Wildman–Crippen MR) is 75.7 cm³/mol. The van der Waals surface area contributed by atoms with Gasteiger partial charge in [0.05, 0.1) is 13.0 Å². The van der Waals surface area contributed by atoms with Crippen molar-refractivity contribution in [2.24, 2.45) is 0 Å². The molecular formula is C15H18F3NO4. The Kier molecular flexibility index (Phi) is 7.37. The minimum atomic E-state index is -4.74. The van der Waals surface area contributed by atoms with Gasteiger partial charge in [-0.2, -0.15) is 0 Å². The van der Waals surface area contributed by atoms with Crippen molar-refractivity contribution in [3.63, 3.8) is 0 Å². The molecule has 0 unspecified atom stereocenters. The summed E-state index contributed by atoms with van der Waals surface area (Å²) in [5, 5.41) is 2.62. The Morgan fingerprint density at radius 1 is 1.17 bits per heavy atom. The minimum Gasteiger partial charge on any atom is -0.466 e. The summed E-state index contributed by atoms with van der Waals surface area (Å²) in [6.07, 6.45) is -4.02. The second kappa shape index (κ2) is 9.02. The van der Waals surface area contributed by atoms with E-state index in [4.69, 9.17) is 4.74 Å². The van der Waals surface area contributed by atoms with E-state index in [1.54, 1.807) is 6.92 Å². The molecule has 0 heterocycles. The molecule has 0 aliphatic heterocycles. The summed E-state index contributed by atoms with van der Waals surface area (Å²) in [6.45, 7) is 2.36. The summed E-state index contributed by atoms with van der Waals surface area (Å²) in [6, 6.07) is 5.08. The minimum absolute atomic E-state index is 0.0334. The molecule has 0 atom stereocenters. The van der Waals surface area contributed by atoms with Crippen LogP contribution in [0.15, 0.2) is 24.3 Å². The molecule has 0 bridgehead atoms. The van der Waals surface area contributed by atoms with Gasteiger partial charge in [-0.3, -0.25) is 9.59 Å². The molecule has 0 radical (unpaired) electrons. The molecule has 1 amide bonds. The summed E-state index contributed by atoms with van der Waals surface area (Å²) in [5.41, 5.74) is 0.558. The van der Waals surface area contributed by atoms with E-state index in [9.17, 15) is 22.8 Å². The first-order valence-corrected chi connectivity index (χ1v) is 7.07. The number of hydrogen-bond donors (Lipinski definition) is 1. The quantitative estimate of drug-likeness (QED) is 0.587. The van der Waals surface area contributed by atoms with Gasteiger partial charge in [-0.15, -0.1) is 13.2 Å². The molecule has 23 heavy (non-hydrogen) atoms. The average molecular weight is 333 g/mol. The van der Waals surface area contributed by atoms with Crippen LogP contribution in [0.1, 0.15) is 25.3 Å². The van der Waals surface area contributed by atoms with Crippen molar-refractivity contribution in [2.75, 3.05) is 13.2 Å². The number of benzene rings is 1. The summed E-state index contributed by atoms with van der Waals surface area (Å²) < 4.78 is 44.5. The number of esters is 1. The number of amides is 1. The molecule has 128 valence electrons. The van der Waals surface area contributed by atoms with E-state index < -0.39 is 6.36 Å². The SMILES string of the molecule is CCOC(=O)CCCNC(=O)Cc1ccc(OC(F)(F)F)cc1. The molecule has 0 spiro atoms. The van der Waals surface area contributed by atoms with Gasteiger partial charge < -0.3 is 14.8 Å². The Bertz CT molecular complexity index is 514. The van der Waals surface area contributed by atoms with E-state index in [2.05, 4.69) is 10.1 Å². The van der Waals surface area contributed by atoms with Crippen LogP contribution in [0.5, 0.6) is 5.75 Å². The Morgan fingerprint density at radius 2 is 1.83 bits per heavy atom. The lowest BCUT2D eigenvalue weighted by Crippen LogP contribution is -2.26. The lowest BCUT2D eigenvalue weighted by atomic mass is 10.1. The standard InChI is InChI=1S/C15H18F3NO4/c1-2-22-14(21)4-3-9-19-13(20)10-11-5-7-12(8-6-11)23-15(16,17)18/h5-8H,2-4,9-10H2,1H3,(H,19,20). The molecule has 1 N–H and O–H groups in total. The molecule has 0 fully saturated rings. The van der Waals surface area contributed by atoms with Gasteiger partial charge in [0.15, 0.2) is 0 Å². The van der Waals surface area contributed by atoms with E-state index in [1.807, 2.05) is 0 Å². The maximum atomic E-state index is 12.0. The third-order valence-electron chi connectivity index (χ3n) is 2.71. The second-order valence-electron chi connectivity index (χ2n) is 4.63. The Hall–Kier alpha value is -2.25. The van der Waals surface area contributed by atoms with Crippen molar-refractivity contribution in [3.8, 4) is 5.75 Å². The van der Waals surface area contributed by atoms with Crippen LogP contribution in [-0.4, -0.2) is 31.4 Å². The van der Waals surface area contributed by atoms with Crippen molar-refractivity contribution < 1.29 is 32.2 Å². The van der Waals surface area contributed by atoms with E-state index in [1.165, 1.54) is 12.1 Å². The molecule has 1 aromatic rings. The van der Waals surface area contributed by atoms with Crippen molar-refractivity contribution in [3.05, 3.63) is 29.8 Å². The van der Waals surface area contributed by atoms with Crippen LogP contribution >= 0.6 is 0 Å². The van der Waals surface area contributed by atoms with Gasteiger partial charge in [0.1, 0.15) is 5.75 Å². The maximum absolute atomic E-state index is 12.0. The molecule has 0 aliphatic carbocycles. The Labute approximate surface area is 131 Å². The van der Waals surface area contributed by atoms with Gasteiger partial charge in [0.25, 0.3) is 0 Å². The fourth-order valence-corrected chi connectivity index (χ4v) is 1.75. The largest absolute Gasteiger partial charge is 0.573 e. The van der Waals surface area contributed by atoms with Gasteiger partial charge in [0, 0.05) is 13.0 Å². The lowest BCUT2D eigenvalue weighted by molar-refractivity contribution is -0.274. The van der Waals surface area contributed by atoms with Crippen LogP contribution in [0.25, 0.3) is 0 Å².